The summed E-state index contributed by atoms with van der Waals surface area (Å²) in [5, 5.41) is 0. The van der Waals surface area contributed by atoms with Crippen LogP contribution in [0.25, 0.3) is 0 Å². The third-order valence-corrected chi connectivity index (χ3v) is 4.80. The highest BCUT2D eigenvalue weighted by molar-refractivity contribution is 5.15. The summed E-state index contributed by atoms with van der Waals surface area (Å²) < 4.78 is 0. The Bertz CT molecular complexity index is 468. The van der Waals surface area contributed by atoms with Crippen molar-refractivity contribution in [2.75, 3.05) is 6.54 Å². The smallest absolute Gasteiger partial charge is 0.0286 e. The number of nitrogens with zero attached hydrogens (tertiary/aromatic N) is 1. The second-order valence-electron chi connectivity index (χ2n) is 8.14. The molecule has 1 aromatic carbocycles. The van der Waals surface area contributed by atoms with Crippen molar-refractivity contribution in [1.29, 1.82) is 0 Å². The van der Waals surface area contributed by atoms with Crippen LogP contribution in [-0.2, 0) is 6.42 Å². The zero-order valence-corrected chi connectivity index (χ0v) is 14.9. The summed E-state index contributed by atoms with van der Waals surface area (Å²) in [5.74, 6) is 0.825. The van der Waals surface area contributed by atoms with Crippen molar-refractivity contribution in [3.8, 4) is 0 Å². The minimum atomic E-state index is 0.330. The van der Waals surface area contributed by atoms with Crippen molar-refractivity contribution in [2.24, 2.45) is 11.3 Å². The SMILES string of the molecule is C=C(CC(C)(C)C)N1CCC(Cc2ccccc2)CC1CC. The van der Waals surface area contributed by atoms with E-state index < -0.39 is 0 Å². The van der Waals surface area contributed by atoms with Crippen LogP contribution in [0.15, 0.2) is 42.6 Å². The molecule has 1 saturated heterocycles. The fourth-order valence-electron chi connectivity index (χ4n) is 3.78. The third kappa shape index (κ3) is 4.90. The maximum atomic E-state index is 4.40. The topological polar surface area (TPSA) is 3.24 Å². The van der Waals surface area contributed by atoms with Gasteiger partial charge in [-0.1, -0.05) is 64.6 Å². The van der Waals surface area contributed by atoms with Crippen LogP contribution in [0.1, 0.15) is 58.9 Å². The van der Waals surface area contributed by atoms with E-state index >= 15 is 0 Å². The quantitative estimate of drug-likeness (QED) is 0.677. The molecule has 2 atom stereocenters. The maximum Gasteiger partial charge on any atom is 0.0286 e. The van der Waals surface area contributed by atoms with E-state index in [1.54, 1.807) is 0 Å². The highest BCUT2D eigenvalue weighted by Crippen LogP contribution is 2.33. The molecule has 2 unspecified atom stereocenters. The molecule has 0 aromatic heterocycles. The van der Waals surface area contributed by atoms with E-state index in [0.29, 0.717) is 11.5 Å². The second kappa shape index (κ2) is 7.35. The molecule has 1 nitrogen and oxygen atoms in total. The molecule has 1 aromatic rings. The first-order chi connectivity index (χ1) is 10.4. The maximum absolute atomic E-state index is 4.40. The highest BCUT2D eigenvalue weighted by Gasteiger charge is 2.29. The van der Waals surface area contributed by atoms with E-state index in [1.807, 2.05) is 0 Å². The fourth-order valence-corrected chi connectivity index (χ4v) is 3.78. The van der Waals surface area contributed by atoms with Crippen LogP contribution in [0, 0.1) is 11.3 Å². The molecule has 2 rings (SSSR count). The Hall–Kier alpha value is -1.24. The van der Waals surface area contributed by atoms with Crippen molar-refractivity contribution >= 4 is 0 Å². The first-order valence-corrected chi connectivity index (χ1v) is 8.87. The average molecular weight is 300 g/mol. The zero-order chi connectivity index (χ0) is 16.2. The standard InChI is InChI=1S/C21H33N/c1-6-20-15-19(14-18-10-8-7-9-11-18)12-13-22(20)17(2)16-21(3,4)5/h7-11,19-20H,2,6,12-16H2,1,3-5H3. The summed E-state index contributed by atoms with van der Waals surface area (Å²) >= 11 is 0. The Balaban J connectivity index is 1.95. The van der Waals surface area contributed by atoms with Crippen molar-refractivity contribution in [3.63, 3.8) is 0 Å². The van der Waals surface area contributed by atoms with Gasteiger partial charge in [0.2, 0.25) is 0 Å². The Kier molecular flexibility index (Phi) is 5.72. The normalized spacial score (nSPS) is 22.6. The summed E-state index contributed by atoms with van der Waals surface area (Å²) in [4.78, 5) is 2.60. The van der Waals surface area contributed by atoms with E-state index in [-0.39, 0.29) is 0 Å². The third-order valence-electron chi connectivity index (χ3n) is 4.80. The van der Waals surface area contributed by atoms with Gasteiger partial charge in [0.15, 0.2) is 0 Å². The van der Waals surface area contributed by atoms with Crippen LogP contribution in [0.2, 0.25) is 0 Å². The van der Waals surface area contributed by atoms with Gasteiger partial charge in [0.05, 0.1) is 0 Å². The van der Waals surface area contributed by atoms with Crippen molar-refractivity contribution in [3.05, 3.63) is 48.2 Å². The van der Waals surface area contributed by atoms with Gasteiger partial charge in [0, 0.05) is 18.3 Å². The second-order valence-corrected chi connectivity index (χ2v) is 8.14. The summed E-state index contributed by atoms with van der Waals surface area (Å²) in [5.41, 5.74) is 3.16. The first-order valence-electron chi connectivity index (χ1n) is 8.87. The van der Waals surface area contributed by atoms with Gasteiger partial charge >= 0.3 is 0 Å². The Morgan fingerprint density at radius 2 is 1.91 bits per heavy atom. The van der Waals surface area contributed by atoms with Crippen LogP contribution >= 0.6 is 0 Å². The average Bonchev–Trinajstić information content (AvgIpc) is 2.46. The van der Waals surface area contributed by atoms with Crippen LogP contribution in [-0.4, -0.2) is 17.5 Å². The van der Waals surface area contributed by atoms with Crippen molar-refractivity contribution in [2.45, 2.75) is 65.8 Å². The van der Waals surface area contributed by atoms with Gasteiger partial charge in [-0.3, -0.25) is 0 Å². The minimum Gasteiger partial charge on any atom is -0.372 e. The van der Waals surface area contributed by atoms with Crippen LogP contribution in [0.4, 0.5) is 0 Å². The van der Waals surface area contributed by atoms with E-state index in [1.165, 1.54) is 43.5 Å². The van der Waals surface area contributed by atoms with Crippen LogP contribution in [0.5, 0.6) is 0 Å². The van der Waals surface area contributed by atoms with Gasteiger partial charge in [-0.25, -0.2) is 0 Å². The molecule has 0 bridgehead atoms. The number of likely N-dealkylation sites (tertiary alicyclic amines) is 1. The van der Waals surface area contributed by atoms with E-state index in [9.17, 15) is 0 Å². The molecular weight excluding hydrogens is 266 g/mol. The molecule has 1 aliphatic heterocycles. The molecule has 1 heteroatoms. The summed E-state index contributed by atoms with van der Waals surface area (Å²) in [7, 11) is 0. The molecule has 1 fully saturated rings. The molecule has 0 aliphatic carbocycles. The summed E-state index contributed by atoms with van der Waals surface area (Å²) in [6.07, 6.45) is 6.18. The highest BCUT2D eigenvalue weighted by atomic mass is 15.2. The molecule has 0 radical (unpaired) electrons. The van der Waals surface area contributed by atoms with E-state index in [2.05, 4.69) is 69.5 Å². The fraction of sp³-hybridized carbons (Fsp3) is 0.619. The van der Waals surface area contributed by atoms with Gasteiger partial charge in [0.25, 0.3) is 0 Å². The molecule has 22 heavy (non-hydrogen) atoms. The monoisotopic (exact) mass is 299 g/mol. The molecule has 1 aliphatic rings. The van der Waals surface area contributed by atoms with Gasteiger partial charge in [-0.15, -0.1) is 0 Å². The van der Waals surface area contributed by atoms with Gasteiger partial charge in [0.1, 0.15) is 0 Å². The lowest BCUT2D eigenvalue weighted by Gasteiger charge is -2.43. The number of piperidine rings is 1. The van der Waals surface area contributed by atoms with Crippen LogP contribution < -0.4 is 0 Å². The number of hydrogen-bond donors (Lipinski definition) is 0. The largest absolute Gasteiger partial charge is 0.372 e. The van der Waals surface area contributed by atoms with Gasteiger partial charge in [-0.05, 0) is 49.0 Å². The lowest BCUT2D eigenvalue weighted by atomic mass is 9.83. The number of benzene rings is 1. The molecule has 122 valence electrons. The predicted octanol–water partition coefficient (Wildman–Crippen LogP) is 5.67. The van der Waals surface area contributed by atoms with Gasteiger partial charge < -0.3 is 4.90 Å². The lowest BCUT2D eigenvalue weighted by Crippen LogP contribution is -2.42. The number of hydrogen-bond acceptors (Lipinski definition) is 1. The molecule has 0 amide bonds. The van der Waals surface area contributed by atoms with Crippen molar-refractivity contribution < 1.29 is 0 Å². The molecule has 0 spiro atoms. The zero-order valence-electron chi connectivity index (χ0n) is 14.9. The molecule has 0 N–H and O–H groups in total. The summed E-state index contributed by atoms with van der Waals surface area (Å²) in [6, 6.07) is 11.6. The Labute approximate surface area is 137 Å². The minimum absolute atomic E-state index is 0.330. The predicted molar refractivity (Wildman–Crippen MR) is 96.9 cm³/mol. The van der Waals surface area contributed by atoms with Gasteiger partial charge in [-0.2, -0.15) is 0 Å². The van der Waals surface area contributed by atoms with Crippen LogP contribution in [0.3, 0.4) is 0 Å². The Morgan fingerprint density at radius 3 is 2.50 bits per heavy atom. The molecule has 1 heterocycles. The van der Waals surface area contributed by atoms with Crippen molar-refractivity contribution in [1.82, 2.24) is 4.90 Å². The summed E-state index contributed by atoms with van der Waals surface area (Å²) in [6.45, 7) is 14.8. The number of allylic oxidation sites excluding steroid dienone is 1. The lowest BCUT2D eigenvalue weighted by molar-refractivity contribution is 0.133. The molecular formula is C21H33N. The Morgan fingerprint density at radius 1 is 1.23 bits per heavy atom. The number of rotatable bonds is 5. The van der Waals surface area contributed by atoms with E-state index in [4.69, 9.17) is 0 Å². The molecule has 0 saturated carbocycles. The first kappa shape index (κ1) is 17.1. The van der Waals surface area contributed by atoms with E-state index in [0.717, 1.165) is 12.3 Å².